The molecule has 10 heteroatoms. The van der Waals surface area contributed by atoms with E-state index >= 15 is 0 Å². The van der Waals surface area contributed by atoms with Crippen LogP contribution in [-0.2, 0) is 9.59 Å². The highest BCUT2D eigenvalue weighted by Crippen LogP contribution is 2.28. The van der Waals surface area contributed by atoms with Crippen molar-refractivity contribution in [2.75, 3.05) is 26.7 Å². The van der Waals surface area contributed by atoms with Crippen molar-refractivity contribution in [3.63, 3.8) is 0 Å². The Labute approximate surface area is 198 Å². The third-order valence-corrected chi connectivity index (χ3v) is 6.71. The number of nitrogens with one attached hydrogen (secondary N) is 2. The second kappa shape index (κ2) is 11.0. The van der Waals surface area contributed by atoms with Crippen molar-refractivity contribution < 1.29 is 19.4 Å². The first-order chi connectivity index (χ1) is 15.7. The van der Waals surface area contributed by atoms with E-state index in [-0.39, 0.29) is 40.7 Å². The molecule has 0 aromatic carbocycles. The molecule has 0 radical (unpaired) electrons. The third-order valence-electron chi connectivity index (χ3n) is 6.41. The van der Waals surface area contributed by atoms with Crippen molar-refractivity contribution in [3.8, 4) is 5.88 Å². The smallest absolute Gasteiger partial charge is 0.269 e. The van der Waals surface area contributed by atoms with Crippen LogP contribution in [0.25, 0.3) is 0 Å². The molecular formula is C23H32ClN5O4. The van der Waals surface area contributed by atoms with E-state index in [1.165, 1.54) is 25.4 Å². The monoisotopic (exact) mass is 477 g/mol. The number of rotatable bonds is 7. The van der Waals surface area contributed by atoms with E-state index in [9.17, 15) is 14.7 Å². The van der Waals surface area contributed by atoms with Gasteiger partial charge in [-0.15, -0.1) is 0 Å². The largest absolute Gasteiger partial charge is 0.481 e. The van der Waals surface area contributed by atoms with Gasteiger partial charge in [0.1, 0.15) is 0 Å². The molecule has 1 saturated heterocycles. The fourth-order valence-electron chi connectivity index (χ4n) is 4.34. The molecule has 3 rings (SSSR count). The number of nitrogens with two attached hydrogens (primary N) is 1. The number of likely N-dealkylation sites (tertiary alicyclic amines) is 1. The van der Waals surface area contributed by atoms with E-state index in [1.807, 2.05) is 0 Å². The van der Waals surface area contributed by atoms with Crippen LogP contribution in [0, 0.1) is 11.3 Å². The van der Waals surface area contributed by atoms with Crippen molar-refractivity contribution >= 4 is 29.1 Å². The van der Waals surface area contributed by atoms with E-state index in [0.717, 1.165) is 32.1 Å². The highest BCUT2D eigenvalue weighted by Gasteiger charge is 2.32. The Morgan fingerprint density at radius 2 is 2.03 bits per heavy atom. The molecule has 0 atom stereocenters. The molecule has 9 nitrogen and oxygen atoms in total. The summed E-state index contributed by atoms with van der Waals surface area (Å²) in [4.78, 5) is 30.9. The Bertz CT molecular complexity index is 921. The van der Waals surface area contributed by atoms with Crippen LogP contribution in [-0.4, -0.2) is 64.9 Å². The average molecular weight is 478 g/mol. The molecule has 1 aromatic rings. The fourth-order valence-corrected chi connectivity index (χ4v) is 4.55. The molecule has 2 amide bonds. The Morgan fingerprint density at radius 3 is 2.67 bits per heavy atom. The highest BCUT2D eigenvalue weighted by atomic mass is 35.5. The molecule has 2 aliphatic rings. The molecule has 33 heavy (non-hydrogen) atoms. The molecule has 2 fully saturated rings. The van der Waals surface area contributed by atoms with Gasteiger partial charge < -0.3 is 31.2 Å². The molecule has 0 bridgehead atoms. The highest BCUT2D eigenvalue weighted by molar-refractivity contribution is 6.34. The van der Waals surface area contributed by atoms with Gasteiger partial charge in [0, 0.05) is 37.2 Å². The van der Waals surface area contributed by atoms with Crippen molar-refractivity contribution in [1.82, 2.24) is 15.2 Å². The summed E-state index contributed by atoms with van der Waals surface area (Å²) in [6, 6.07) is 1.51. The lowest BCUT2D eigenvalue weighted by Gasteiger charge is -2.34. The molecule has 0 spiro atoms. The van der Waals surface area contributed by atoms with Crippen LogP contribution in [0.5, 0.6) is 5.88 Å². The number of hydrogen-bond acceptors (Lipinski definition) is 7. The number of pyridine rings is 1. The molecule has 1 saturated carbocycles. The number of nitrogens with zero attached hydrogens (tertiary/aromatic N) is 2. The third kappa shape index (κ3) is 6.45. The summed E-state index contributed by atoms with van der Waals surface area (Å²) in [5.74, 6) is -0.360. The maximum absolute atomic E-state index is 12.8. The predicted molar refractivity (Wildman–Crippen MR) is 125 cm³/mol. The molecule has 1 aliphatic carbocycles. The standard InChI is InChI=1S/C23H32ClN5O4/c1-33-20-11-16(17(24)13-27-20)18(25)12-19(26)22(31)29-9-5-15(6-10-29)21(30)28-14-23(32)7-3-2-4-8-23/h11-13,15,25,32H,2-10,14,26H2,1H3,(H,28,30). The second-order valence-electron chi connectivity index (χ2n) is 8.79. The number of aromatic nitrogens is 1. The van der Waals surface area contributed by atoms with E-state index < -0.39 is 5.60 Å². The zero-order valence-corrected chi connectivity index (χ0v) is 19.7. The van der Waals surface area contributed by atoms with Crippen molar-refractivity contribution in [2.45, 2.75) is 50.5 Å². The SMILES string of the molecule is COc1cc(C(=N)C=C(N)C(=O)N2CCC(C(=O)NCC3(O)CCCCC3)CC2)c(Cl)cn1. The molecule has 180 valence electrons. The van der Waals surface area contributed by atoms with Crippen LogP contribution in [0.4, 0.5) is 0 Å². The van der Waals surface area contributed by atoms with E-state index in [4.69, 9.17) is 27.5 Å². The summed E-state index contributed by atoms with van der Waals surface area (Å²) >= 11 is 6.11. The average Bonchev–Trinajstić information content (AvgIpc) is 2.83. The maximum atomic E-state index is 12.8. The molecule has 2 heterocycles. The fraction of sp³-hybridized carbons (Fsp3) is 0.565. The number of allylic oxidation sites excluding steroid dienone is 1. The van der Waals surface area contributed by atoms with Crippen LogP contribution in [0.1, 0.15) is 50.5 Å². The summed E-state index contributed by atoms with van der Waals surface area (Å²) in [5.41, 5.74) is 5.44. The van der Waals surface area contributed by atoms with Gasteiger partial charge in [-0.2, -0.15) is 0 Å². The lowest BCUT2D eigenvalue weighted by molar-refractivity contribution is -0.133. The Hall–Kier alpha value is -2.65. The van der Waals surface area contributed by atoms with Crippen molar-refractivity contribution in [3.05, 3.63) is 34.6 Å². The van der Waals surface area contributed by atoms with Gasteiger partial charge in [0.05, 0.1) is 35.3 Å². The van der Waals surface area contributed by atoms with Crippen LogP contribution < -0.4 is 15.8 Å². The zero-order valence-electron chi connectivity index (χ0n) is 18.9. The second-order valence-corrected chi connectivity index (χ2v) is 9.20. The van der Waals surface area contributed by atoms with Gasteiger partial charge in [-0.1, -0.05) is 30.9 Å². The molecule has 0 unspecified atom stereocenters. The number of aliphatic hydroxyl groups is 1. The summed E-state index contributed by atoms with van der Waals surface area (Å²) in [5, 5.41) is 22.0. The predicted octanol–water partition coefficient (Wildman–Crippen LogP) is 2.00. The summed E-state index contributed by atoms with van der Waals surface area (Å²) < 4.78 is 5.05. The first-order valence-electron chi connectivity index (χ1n) is 11.3. The lowest BCUT2D eigenvalue weighted by Crippen LogP contribution is -2.48. The Kier molecular flexibility index (Phi) is 8.31. The van der Waals surface area contributed by atoms with Gasteiger partial charge in [-0.3, -0.25) is 9.59 Å². The molecule has 1 aromatic heterocycles. The quantitative estimate of drug-likeness (QED) is 0.349. The number of methoxy groups -OCH3 is 1. The number of amides is 2. The first kappa shape index (κ1) is 25.0. The normalized spacial score (nSPS) is 19.1. The van der Waals surface area contributed by atoms with E-state index in [1.54, 1.807) is 4.90 Å². The van der Waals surface area contributed by atoms with Crippen molar-refractivity contribution in [2.24, 2.45) is 11.7 Å². The Balaban J connectivity index is 1.52. The minimum absolute atomic E-state index is 0.0264. The van der Waals surface area contributed by atoms with Crippen LogP contribution >= 0.6 is 11.6 Å². The van der Waals surface area contributed by atoms with Crippen LogP contribution in [0.3, 0.4) is 0 Å². The van der Waals surface area contributed by atoms with Gasteiger partial charge in [0.2, 0.25) is 11.8 Å². The lowest BCUT2D eigenvalue weighted by atomic mass is 9.84. The van der Waals surface area contributed by atoms with Crippen LogP contribution in [0.2, 0.25) is 5.02 Å². The summed E-state index contributed by atoms with van der Waals surface area (Å²) in [6.45, 7) is 1.07. The molecule has 5 N–H and O–H groups in total. The minimum atomic E-state index is -0.796. The molecule has 1 aliphatic heterocycles. The van der Waals surface area contributed by atoms with E-state index in [0.29, 0.717) is 37.4 Å². The topological polar surface area (TPSA) is 142 Å². The minimum Gasteiger partial charge on any atom is -0.481 e. The Morgan fingerprint density at radius 1 is 1.36 bits per heavy atom. The number of hydrogen-bond donors (Lipinski definition) is 4. The van der Waals surface area contributed by atoms with Gasteiger partial charge in [0.15, 0.2) is 0 Å². The number of halogens is 1. The number of carbonyl (C=O) groups excluding carboxylic acids is 2. The van der Waals surface area contributed by atoms with E-state index in [2.05, 4.69) is 10.3 Å². The summed E-state index contributed by atoms with van der Waals surface area (Å²) in [6.07, 6.45) is 8.23. The molecular weight excluding hydrogens is 446 g/mol. The van der Waals surface area contributed by atoms with Gasteiger partial charge in [0.25, 0.3) is 5.91 Å². The van der Waals surface area contributed by atoms with Crippen LogP contribution in [0.15, 0.2) is 24.0 Å². The number of carbonyl (C=O) groups is 2. The number of ether oxygens (including phenoxy) is 1. The van der Waals surface area contributed by atoms with Crippen molar-refractivity contribution in [1.29, 1.82) is 5.41 Å². The number of piperidine rings is 1. The maximum Gasteiger partial charge on any atom is 0.269 e. The van der Waals surface area contributed by atoms with Gasteiger partial charge in [-0.25, -0.2) is 4.98 Å². The van der Waals surface area contributed by atoms with Gasteiger partial charge >= 0.3 is 0 Å². The van der Waals surface area contributed by atoms with Gasteiger partial charge in [-0.05, 0) is 31.8 Å². The zero-order chi connectivity index (χ0) is 24.0. The first-order valence-corrected chi connectivity index (χ1v) is 11.7. The summed E-state index contributed by atoms with van der Waals surface area (Å²) in [7, 11) is 1.46.